The Kier molecular flexibility index (Phi) is 10.1. The van der Waals surface area contributed by atoms with E-state index in [1.165, 1.54) is 11.3 Å². The molecule has 1 unspecified atom stereocenters. The third kappa shape index (κ3) is 6.31. The van der Waals surface area contributed by atoms with Gasteiger partial charge in [0.15, 0.2) is 4.80 Å². The summed E-state index contributed by atoms with van der Waals surface area (Å²) in [5.74, 6) is 0.294. The number of carbonyl (C=O) groups excluding carboxylic acids is 1. The summed E-state index contributed by atoms with van der Waals surface area (Å²) in [5, 5.41) is 0. The Morgan fingerprint density at radius 2 is 1.81 bits per heavy atom. The fraction of sp³-hybridized carbons (Fsp3) is 0.156. The predicted octanol–water partition coefficient (Wildman–Crippen LogP) is 6.43. The molecule has 4 aromatic rings. The highest BCUT2D eigenvalue weighted by Gasteiger charge is 2.35. The van der Waals surface area contributed by atoms with Crippen LogP contribution in [0.2, 0.25) is 0 Å². The second-order valence-electron chi connectivity index (χ2n) is 9.12. The zero-order chi connectivity index (χ0) is 29.8. The zero-order valence-electron chi connectivity index (χ0n) is 22.8. The second kappa shape index (κ2) is 13.7. The maximum atomic E-state index is 14.1. The number of hydrogen-bond acceptors (Lipinski definition) is 7. The minimum atomic E-state index is -0.705. The smallest absolute Gasteiger partial charge is 0.338 e. The molecule has 5 rings (SSSR count). The Morgan fingerprint density at radius 1 is 1.12 bits per heavy atom. The molecule has 42 heavy (non-hydrogen) atoms. The molecule has 6 nitrogen and oxygen atoms in total. The normalized spacial score (nSPS) is 14.8. The average molecular weight is 821 g/mol. The molecular formula is C32H26I2N2O4S2. The van der Waals surface area contributed by atoms with Gasteiger partial charge in [-0.3, -0.25) is 9.36 Å². The maximum Gasteiger partial charge on any atom is 0.338 e. The summed E-state index contributed by atoms with van der Waals surface area (Å²) in [6.07, 6.45) is 5.59. The van der Waals surface area contributed by atoms with E-state index in [0.29, 0.717) is 27.2 Å². The van der Waals surface area contributed by atoms with Crippen LogP contribution in [0.15, 0.2) is 99.6 Å². The van der Waals surface area contributed by atoms with Gasteiger partial charge in [0.1, 0.15) is 12.4 Å². The van der Waals surface area contributed by atoms with E-state index in [2.05, 4.69) is 51.8 Å². The van der Waals surface area contributed by atoms with Crippen molar-refractivity contribution < 1.29 is 14.3 Å². The molecule has 0 amide bonds. The Balaban J connectivity index is 1.76. The third-order valence-electron chi connectivity index (χ3n) is 6.47. The molecule has 2 heterocycles. The molecule has 10 heteroatoms. The van der Waals surface area contributed by atoms with Crippen molar-refractivity contribution >= 4 is 86.0 Å². The number of rotatable bonds is 9. The van der Waals surface area contributed by atoms with E-state index in [9.17, 15) is 9.59 Å². The Bertz CT molecular complexity index is 1840. The summed E-state index contributed by atoms with van der Waals surface area (Å²) in [4.78, 5) is 34.3. The van der Waals surface area contributed by atoms with E-state index in [0.717, 1.165) is 34.5 Å². The summed E-state index contributed by atoms with van der Waals surface area (Å²) < 4.78 is 15.4. The number of nitrogens with zero attached hydrogens (tertiary/aromatic N) is 2. The number of carbonyl (C=O) groups is 1. The van der Waals surface area contributed by atoms with Crippen molar-refractivity contribution in [2.75, 3.05) is 19.5 Å². The van der Waals surface area contributed by atoms with E-state index >= 15 is 0 Å². The molecule has 0 fully saturated rings. The number of hydrogen-bond donors (Lipinski definition) is 0. The van der Waals surface area contributed by atoms with Crippen LogP contribution in [0.1, 0.15) is 29.7 Å². The van der Waals surface area contributed by atoms with Gasteiger partial charge in [-0.05, 0) is 99.8 Å². The summed E-state index contributed by atoms with van der Waals surface area (Å²) in [5.41, 5.74) is 3.08. The molecular weight excluding hydrogens is 794 g/mol. The number of thiazole rings is 1. The first kappa shape index (κ1) is 30.8. The first-order valence-corrected chi connectivity index (χ1v) is 17.2. The first-order valence-electron chi connectivity index (χ1n) is 13.0. The van der Waals surface area contributed by atoms with Crippen LogP contribution in [0.4, 0.5) is 0 Å². The molecule has 0 N–H and O–H groups in total. The van der Waals surface area contributed by atoms with Gasteiger partial charge in [0.2, 0.25) is 0 Å². The summed E-state index contributed by atoms with van der Waals surface area (Å²) >= 11 is 7.42. The molecule has 0 spiro atoms. The SMILES string of the molecule is C=CCOc1c(I)cc(/C=c2\sc3n(c2=O)C(c2ccc(SC)cc2)C(C(=O)OCC)=C(c2ccccc2)N=3)cc1I. The first-order chi connectivity index (χ1) is 20.4. The summed E-state index contributed by atoms with van der Waals surface area (Å²) in [6.45, 7) is 6.11. The van der Waals surface area contributed by atoms with Crippen molar-refractivity contribution in [2.45, 2.75) is 17.9 Å². The molecule has 0 radical (unpaired) electrons. The molecule has 1 aromatic heterocycles. The van der Waals surface area contributed by atoms with Crippen molar-refractivity contribution in [3.8, 4) is 5.75 Å². The molecule has 0 bridgehead atoms. The van der Waals surface area contributed by atoms with Crippen molar-refractivity contribution in [3.63, 3.8) is 0 Å². The van der Waals surface area contributed by atoms with Crippen molar-refractivity contribution in [1.82, 2.24) is 4.57 Å². The van der Waals surface area contributed by atoms with Crippen LogP contribution in [-0.2, 0) is 9.53 Å². The summed E-state index contributed by atoms with van der Waals surface area (Å²) in [6, 6.07) is 20.8. The fourth-order valence-electron chi connectivity index (χ4n) is 4.64. The van der Waals surface area contributed by atoms with Crippen LogP contribution < -0.4 is 19.6 Å². The van der Waals surface area contributed by atoms with Gasteiger partial charge < -0.3 is 9.47 Å². The topological polar surface area (TPSA) is 69.9 Å². The lowest BCUT2D eigenvalue weighted by atomic mass is 9.93. The predicted molar refractivity (Wildman–Crippen MR) is 187 cm³/mol. The van der Waals surface area contributed by atoms with Gasteiger partial charge in [0.25, 0.3) is 5.56 Å². The molecule has 0 saturated carbocycles. The lowest BCUT2D eigenvalue weighted by Gasteiger charge is -2.26. The Hall–Kier alpha value is -2.68. The zero-order valence-corrected chi connectivity index (χ0v) is 28.8. The van der Waals surface area contributed by atoms with Gasteiger partial charge in [-0.1, -0.05) is 66.5 Å². The van der Waals surface area contributed by atoms with Gasteiger partial charge in [-0.25, -0.2) is 9.79 Å². The molecule has 1 atom stereocenters. The van der Waals surface area contributed by atoms with Gasteiger partial charge in [0.05, 0.1) is 35.6 Å². The number of aromatic nitrogens is 1. The van der Waals surface area contributed by atoms with Crippen molar-refractivity contribution in [1.29, 1.82) is 0 Å². The summed E-state index contributed by atoms with van der Waals surface area (Å²) in [7, 11) is 0. The monoisotopic (exact) mass is 820 g/mol. The van der Waals surface area contributed by atoms with Gasteiger partial charge >= 0.3 is 5.97 Å². The van der Waals surface area contributed by atoms with Crippen molar-refractivity contribution in [3.05, 3.63) is 128 Å². The minimum Gasteiger partial charge on any atom is -0.487 e. The largest absolute Gasteiger partial charge is 0.487 e. The number of ether oxygens (including phenoxy) is 2. The Morgan fingerprint density at radius 3 is 2.43 bits per heavy atom. The van der Waals surface area contributed by atoms with Crippen LogP contribution in [0.5, 0.6) is 5.75 Å². The van der Waals surface area contributed by atoms with Crippen LogP contribution >= 0.6 is 68.3 Å². The second-order valence-corrected chi connectivity index (χ2v) is 13.3. The Labute approximate surface area is 279 Å². The van der Waals surface area contributed by atoms with E-state index < -0.39 is 12.0 Å². The lowest BCUT2D eigenvalue weighted by molar-refractivity contribution is -0.138. The number of halogens is 2. The van der Waals surface area contributed by atoms with Crippen LogP contribution in [0.25, 0.3) is 11.8 Å². The van der Waals surface area contributed by atoms with Crippen LogP contribution in [-0.4, -0.2) is 30.0 Å². The number of benzene rings is 3. The molecule has 3 aromatic carbocycles. The maximum absolute atomic E-state index is 14.1. The molecule has 214 valence electrons. The molecule has 1 aliphatic heterocycles. The number of thioether (sulfide) groups is 1. The molecule has 0 saturated heterocycles. The number of esters is 1. The molecule has 0 aliphatic carbocycles. The van der Waals surface area contributed by atoms with Gasteiger partial charge in [0, 0.05) is 10.5 Å². The number of fused-ring (bicyclic) bond motifs is 1. The quantitative estimate of drug-likeness (QED) is 0.0844. The lowest BCUT2D eigenvalue weighted by Crippen LogP contribution is -2.40. The minimum absolute atomic E-state index is 0.205. The van der Waals surface area contributed by atoms with E-state index in [-0.39, 0.29) is 12.2 Å². The van der Waals surface area contributed by atoms with E-state index in [1.807, 2.05) is 79.1 Å². The standard InChI is InChI=1S/C32H26I2N2O4S2/c1-4-15-40-29-23(33)16-19(17-24(29)34)18-25-30(37)36-28(21-11-13-22(41-3)14-12-21)26(31(38)39-5-2)27(35-32(36)42-25)20-9-7-6-8-10-20/h4,6-14,16-18,28H,1,5,15H2,2-3H3/b25-18-. The highest BCUT2D eigenvalue weighted by atomic mass is 127. The van der Waals surface area contributed by atoms with E-state index in [4.69, 9.17) is 14.5 Å². The van der Waals surface area contributed by atoms with Crippen molar-refractivity contribution in [2.24, 2.45) is 4.99 Å². The van der Waals surface area contributed by atoms with E-state index in [1.54, 1.807) is 29.3 Å². The highest BCUT2D eigenvalue weighted by molar-refractivity contribution is 14.1. The third-order valence-corrected chi connectivity index (χ3v) is 9.80. The van der Waals surface area contributed by atoms with Gasteiger partial charge in [-0.15, -0.1) is 11.8 Å². The average Bonchev–Trinajstić information content (AvgIpc) is 3.30. The fourth-order valence-corrected chi connectivity index (χ4v) is 8.17. The highest BCUT2D eigenvalue weighted by Crippen LogP contribution is 2.36. The van der Waals surface area contributed by atoms with Crippen LogP contribution in [0, 0.1) is 7.14 Å². The molecule has 1 aliphatic rings. The van der Waals surface area contributed by atoms with Crippen LogP contribution in [0.3, 0.4) is 0 Å². The van der Waals surface area contributed by atoms with Gasteiger partial charge in [-0.2, -0.15) is 0 Å².